The first-order chi connectivity index (χ1) is 4.66. The third kappa shape index (κ3) is 5.45. The molecule has 0 amide bonds. The van der Waals surface area contributed by atoms with Crippen molar-refractivity contribution in [2.45, 2.75) is 33.0 Å². The SMILES string of the molecule is CC(C)CCC(F)N=C=O. The van der Waals surface area contributed by atoms with Gasteiger partial charge in [0, 0.05) is 6.42 Å². The van der Waals surface area contributed by atoms with Gasteiger partial charge in [0.05, 0.1) is 0 Å². The fraction of sp³-hybridized carbons (Fsp3) is 0.857. The predicted molar refractivity (Wildman–Crippen MR) is 37.1 cm³/mol. The van der Waals surface area contributed by atoms with E-state index in [1.54, 1.807) is 0 Å². The lowest BCUT2D eigenvalue weighted by atomic mass is 10.1. The summed E-state index contributed by atoms with van der Waals surface area (Å²) in [6.45, 7) is 3.99. The van der Waals surface area contributed by atoms with Crippen LogP contribution in [0.1, 0.15) is 26.7 Å². The summed E-state index contributed by atoms with van der Waals surface area (Å²) < 4.78 is 12.3. The lowest BCUT2D eigenvalue weighted by Crippen LogP contribution is -1.97. The number of carbonyl (C=O) groups excluding carboxylic acids is 1. The quantitative estimate of drug-likeness (QED) is 0.338. The van der Waals surface area contributed by atoms with Gasteiger partial charge in [0.15, 0.2) is 0 Å². The van der Waals surface area contributed by atoms with Crippen LogP contribution in [-0.2, 0) is 4.79 Å². The fourth-order valence-electron chi connectivity index (χ4n) is 0.593. The van der Waals surface area contributed by atoms with Crippen molar-refractivity contribution in [1.29, 1.82) is 0 Å². The number of rotatable bonds is 4. The van der Waals surface area contributed by atoms with Crippen molar-refractivity contribution < 1.29 is 9.18 Å². The molecule has 0 aliphatic carbocycles. The minimum atomic E-state index is -1.35. The number of isocyanates is 1. The fourth-order valence-corrected chi connectivity index (χ4v) is 0.593. The Morgan fingerprint density at radius 1 is 1.50 bits per heavy atom. The largest absolute Gasteiger partial charge is 0.237 e. The molecule has 0 heterocycles. The summed E-state index contributed by atoms with van der Waals surface area (Å²) in [6.07, 6.45) is 0.926. The second-order valence-corrected chi connectivity index (χ2v) is 2.63. The van der Waals surface area contributed by atoms with E-state index in [2.05, 4.69) is 4.99 Å². The van der Waals surface area contributed by atoms with E-state index < -0.39 is 6.30 Å². The van der Waals surface area contributed by atoms with Crippen molar-refractivity contribution in [3.8, 4) is 0 Å². The Bertz CT molecular complexity index is 130. The number of nitrogens with zero attached hydrogens (tertiary/aromatic N) is 1. The number of hydrogen-bond donors (Lipinski definition) is 0. The molecule has 0 saturated heterocycles. The minimum Gasteiger partial charge on any atom is -0.221 e. The van der Waals surface area contributed by atoms with E-state index in [1.165, 1.54) is 6.08 Å². The molecule has 0 rings (SSSR count). The van der Waals surface area contributed by atoms with Crippen molar-refractivity contribution in [3.05, 3.63) is 0 Å². The highest BCUT2D eigenvalue weighted by Crippen LogP contribution is 2.09. The molecule has 0 N–H and O–H groups in total. The Kier molecular flexibility index (Phi) is 4.77. The maximum absolute atomic E-state index is 12.3. The van der Waals surface area contributed by atoms with Crippen molar-refractivity contribution in [2.75, 3.05) is 0 Å². The molecule has 0 aromatic heterocycles. The van der Waals surface area contributed by atoms with Crippen molar-refractivity contribution in [2.24, 2.45) is 10.9 Å². The first kappa shape index (κ1) is 9.31. The van der Waals surface area contributed by atoms with Crippen LogP contribution >= 0.6 is 0 Å². The van der Waals surface area contributed by atoms with Gasteiger partial charge in [0.2, 0.25) is 12.4 Å². The molecule has 0 saturated carbocycles. The zero-order chi connectivity index (χ0) is 7.98. The van der Waals surface area contributed by atoms with Crippen LogP contribution in [0.2, 0.25) is 0 Å². The van der Waals surface area contributed by atoms with E-state index in [1.807, 2.05) is 13.8 Å². The highest BCUT2D eigenvalue weighted by Gasteiger charge is 2.03. The van der Waals surface area contributed by atoms with E-state index in [4.69, 9.17) is 0 Å². The van der Waals surface area contributed by atoms with Gasteiger partial charge in [0.25, 0.3) is 0 Å². The maximum Gasteiger partial charge on any atom is 0.237 e. The molecule has 0 bridgehead atoms. The maximum atomic E-state index is 12.3. The molecule has 0 aromatic carbocycles. The highest BCUT2D eigenvalue weighted by atomic mass is 19.1. The van der Waals surface area contributed by atoms with Gasteiger partial charge < -0.3 is 0 Å². The number of aliphatic imine (C=N–C) groups is 1. The summed E-state index contributed by atoms with van der Waals surface area (Å²) in [5, 5.41) is 0. The Morgan fingerprint density at radius 2 is 2.10 bits per heavy atom. The topological polar surface area (TPSA) is 29.4 Å². The van der Waals surface area contributed by atoms with Crippen LogP contribution in [0, 0.1) is 5.92 Å². The van der Waals surface area contributed by atoms with Gasteiger partial charge in [-0.25, -0.2) is 9.18 Å². The molecule has 58 valence electrons. The molecule has 0 aliphatic heterocycles. The zero-order valence-electron chi connectivity index (χ0n) is 6.30. The lowest BCUT2D eigenvalue weighted by Gasteiger charge is -2.02. The first-order valence-electron chi connectivity index (χ1n) is 3.38. The summed E-state index contributed by atoms with van der Waals surface area (Å²) in [7, 11) is 0. The summed E-state index contributed by atoms with van der Waals surface area (Å²) in [5.41, 5.74) is 0. The van der Waals surface area contributed by atoms with E-state index in [0.717, 1.165) is 6.42 Å². The van der Waals surface area contributed by atoms with Crippen LogP contribution in [0.25, 0.3) is 0 Å². The molecular weight excluding hydrogens is 133 g/mol. The molecule has 1 unspecified atom stereocenters. The Morgan fingerprint density at radius 3 is 2.50 bits per heavy atom. The number of hydrogen-bond acceptors (Lipinski definition) is 2. The monoisotopic (exact) mass is 145 g/mol. The van der Waals surface area contributed by atoms with Crippen LogP contribution in [0.15, 0.2) is 4.99 Å². The number of halogens is 1. The highest BCUT2D eigenvalue weighted by molar-refractivity contribution is 5.33. The van der Waals surface area contributed by atoms with Crippen molar-refractivity contribution >= 4 is 6.08 Å². The predicted octanol–water partition coefficient (Wildman–Crippen LogP) is 2.05. The van der Waals surface area contributed by atoms with E-state index >= 15 is 0 Å². The van der Waals surface area contributed by atoms with Crippen LogP contribution in [0.4, 0.5) is 4.39 Å². The van der Waals surface area contributed by atoms with E-state index in [0.29, 0.717) is 12.3 Å². The summed E-state index contributed by atoms with van der Waals surface area (Å²) in [6, 6.07) is 0. The average molecular weight is 145 g/mol. The first-order valence-corrected chi connectivity index (χ1v) is 3.38. The van der Waals surface area contributed by atoms with Crippen LogP contribution < -0.4 is 0 Å². The van der Waals surface area contributed by atoms with Gasteiger partial charge in [-0.2, -0.15) is 4.99 Å². The summed E-state index contributed by atoms with van der Waals surface area (Å²) >= 11 is 0. The zero-order valence-corrected chi connectivity index (χ0v) is 6.30. The van der Waals surface area contributed by atoms with Gasteiger partial charge in [-0.05, 0) is 12.3 Å². The molecule has 0 fully saturated rings. The second kappa shape index (κ2) is 5.12. The summed E-state index contributed by atoms with van der Waals surface area (Å²) in [4.78, 5) is 12.5. The smallest absolute Gasteiger partial charge is 0.221 e. The Hall–Kier alpha value is -0.690. The van der Waals surface area contributed by atoms with Crippen molar-refractivity contribution in [3.63, 3.8) is 0 Å². The molecule has 10 heavy (non-hydrogen) atoms. The van der Waals surface area contributed by atoms with Gasteiger partial charge >= 0.3 is 0 Å². The third-order valence-corrected chi connectivity index (χ3v) is 1.18. The van der Waals surface area contributed by atoms with Gasteiger partial charge in [-0.1, -0.05) is 13.8 Å². The lowest BCUT2D eigenvalue weighted by molar-refractivity contribution is 0.305. The molecule has 2 nitrogen and oxygen atoms in total. The van der Waals surface area contributed by atoms with Gasteiger partial charge in [-0.15, -0.1) is 0 Å². The molecule has 0 radical (unpaired) electrons. The molecule has 0 spiro atoms. The van der Waals surface area contributed by atoms with Crippen LogP contribution in [0.3, 0.4) is 0 Å². The molecule has 0 aromatic rings. The van der Waals surface area contributed by atoms with Crippen LogP contribution in [0.5, 0.6) is 0 Å². The molecule has 3 heteroatoms. The van der Waals surface area contributed by atoms with E-state index in [9.17, 15) is 9.18 Å². The van der Waals surface area contributed by atoms with Crippen LogP contribution in [-0.4, -0.2) is 12.4 Å². The van der Waals surface area contributed by atoms with Crippen molar-refractivity contribution in [1.82, 2.24) is 0 Å². The Balaban J connectivity index is 3.39. The van der Waals surface area contributed by atoms with E-state index in [-0.39, 0.29) is 0 Å². The average Bonchev–Trinajstić information content (AvgIpc) is 1.85. The molecule has 1 atom stereocenters. The summed E-state index contributed by atoms with van der Waals surface area (Å²) in [5.74, 6) is 0.458. The Labute approximate surface area is 60.2 Å². The standard InChI is InChI=1S/C7H12FNO/c1-6(2)3-4-7(8)9-5-10/h6-7H,3-4H2,1-2H3. The molecule has 0 aliphatic rings. The minimum absolute atomic E-state index is 0.326. The van der Waals surface area contributed by atoms with Gasteiger partial charge in [0.1, 0.15) is 0 Å². The molecular formula is C7H12FNO. The number of alkyl halides is 1. The van der Waals surface area contributed by atoms with Gasteiger partial charge in [-0.3, -0.25) is 0 Å². The second-order valence-electron chi connectivity index (χ2n) is 2.63. The normalized spacial score (nSPS) is 12.8. The third-order valence-electron chi connectivity index (χ3n) is 1.18.